The Kier molecular flexibility index (Phi) is 6.28. The first-order valence-corrected chi connectivity index (χ1v) is 7.86. The van der Waals surface area contributed by atoms with Gasteiger partial charge < -0.3 is 9.31 Å². The summed E-state index contributed by atoms with van der Waals surface area (Å²) in [4.78, 5) is 0. The molecule has 0 aromatic heterocycles. The van der Waals surface area contributed by atoms with Crippen molar-refractivity contribution < 1.29 is 9.31 Å². The van der Waals surface area contributed by atoms with Crippen molar-refractivity contribution in [3.05, 3.63) is 29.3 Å². The van der Waals surface area contributed by atoms with Gasteiger partial charge >= 0.3 is 7.12 Å². The van der Waals surface area contributed by atoms with E-state index >= 15 is 0 Å². The van der Waals surface area contributed by atoms with Crippen molar-refractivity contribution in [1.82, 2.24) is 0 Å². The maximum Gasteiger partial charge on any atom is 0.494 e. The molecule has 1 heterocycles. The topological polar surface area (TPSA) is 18.5 Å². The highest BCUT2D eigenvalue weighted by Gasteiger charge is 2.44. The monoisotopic (exact) mass is 276 g/mol. The van der Waals surface area contributed by atoms with Crippen LogP contribution < -0.4 is 5.46 Å². The van der Waals surface area contributed by atoms with Gasteiger partial charge in [-0.05, 0) is 45.1 Å². The van der Waals surface area contributed by atoms with Gasteiger partial charge in [0.05, 0.1) is 11.7 Å². The molecule has 3 heteroatoms. The van der Waals surface area contributed by atoms with E-state index < -0.39 is 0 Å². The third-order valence-corrected chi connectivity index (χ3v) is 3.84. The Hall–Kier alpha value is -0.795. The van der Waals surface area contributed by atoms with Crippen molar-refractivity contribution in [3.63, 3.8) is 0 Å². The van der Waals surface area contributed by atoms with E-state index in [1.165, 1.54) is 17.5 Å². The minimum atomic E-state index is -0.217. The Morgan fingerprint density at radius 1 is 1.25 bits per heavy atom. The van der Waals surface area contributed by atoms with Crippen molar-refractivity contribution in [2.75, 3.05) is 0 Å². The molecule has 0 bridgehead atoms. The highest BCUT2D eigenvalue weighted by atomic mass is 16.7. The summed E-state index contributed by atoms with van der Waals surface area (Å²) >= 11 is 0. The lowest BCUT2D eigenvalue weighted by Gasteiger charge is -2.21. The second kappa shape index (κ2) is 7.28. The largest absolute Gasteiger partial charge is 0.494 e. The van der Waals surface area contributed by atoms with E-state index in [4.69, 9.17) is 9.31 Å². The highest BCUT2D eigenvalue weighted by Crippen LogP contribution is 2.27. The van der Waals surface area contributed by atoms with Crippen molar-refractivity contribution >= 4 is 12.6 Å². The molecular formula is C17H29BO2. The van der Waals surface area contributed by atoms with Crippen LogP contribution in [0.25, 0.3) is 0 Å². The zero-order chi connectivity index (χ0) is 15.3. The summed E-state index contributed by atoms with van der Waals surface area (Å²) in [5.74, 6) is 0. The number of aryl methyl sites for hydroxylation is 2. The fourth-order valence-electron chi connectivity index (χ4n) is 2.33. The second-order valence-corrected chi connectivity index (χ2v) is 5.77. The maximum atomic E-state index is 6.01. The predicted molar refractivity (Wildman–Crippen MR) is 87.6 cm³/mol. The molecule has 1 unspecified atom stereocenters. The Bertz CT molecular complexity index is 429. The van der Waals surface area contributed by atoms with Crippen LogP contribution in [0.5, 0.6) is 0 Å². The molecular weight excluding hydrogens is 247 g/mol. The maximum absolute atomic E-state index is 6.01. The summed E-state index contributed by atoms with van der Waals surface area (Å²) in [5, 5.41) is 0. The molecule has 0 aliphatic carbocycles. The Balaban J connectivity index is 0.000000956. The lowest BCUT2D eigenvalue weighted by atomic mass is 9.75. The molecule has 1 atom stereocenters. The van der Waals surface area contributed by atoms with Gasteiger partial charge in [0.1, 0.15) is 0 Å². The van der Waals surface area contributed by atoms with Gasteiger partial charge in [0.2, 0.25) is 0 Å². The van der Waals surface area contributed by atoms with Gasteiger partial charge in [-0.15, -0.1) is 0 Å². The van der Waals surface area contributed by atoms with Gasteiger partial charge in [-0.2, -0.15) is 0 Å². The minimum Gasteiger partial charge on any atom is -0.402 e. The van der Waals surface area contributed by atoms with Crippen LogP contribution in [0.1, 0.15) is 59.1 Å². The van der Waals surface area contributed by atoms with Crippen molar-refractivity contribution in [2.24, 2.45) is 0 Å². The Morgan fingerprint density at radius 3 is 2.35 bits per heavy atom. The molecule has 20 heavy (non-hydrogen) atoms. The van der Waals surface area contributed by atoms with Crippen LogP contribution in [0.3, 0.4) is 0 Å². The second-order valence-electron chi connectivity index (χ2n) is 5.77. The van der Waals surface area contributed by atoms with Crippen molar-refractivity contribution in [2.45, 2.75) is 73.0 Å². The molecule has 1 saturated heterocycles. The molecule has 0 N–H and O–H groups in total. The summed E-state index contributed by atoms with van der Waals surface area (Å²) in [6.45, 7) is 14.6. The van der Waals surface area contributed by atoms with Crippen LogP contribution in [-0.4, -0.2) is 18.8 Å². The Labute approximate surface area is 125 Å². The predicted octanol–water partition coefficient (Wildman–Crippen LogP) is 3.88. The fourth-order valence-corrected chi connectivity index (χ4v) is 2.33. The molecule has 2 nitrogen and oxygen atoms in total. The van der Waals surface area contributed by atoms with E-state index in [1.807, 2.05) is 13.8 Å². The zero-order valence-electron chi connectivity index (χ0n) is 14.1. The van der Waals surface area contributed by atoms with Gasteiger partial charge in [0.25, 0.3) is 0 Å². The van der Waals surface area contributed by atoms with E-state index in [-0.39, 0.29) is 18.8 Å². The highest BCUT2D eigenvalue weighted by molar-refractivity contribution is 6.62. The van der Waals surface area contributed by atoms with E-state index in [2.05, 4.69) is 52.8 Å². The SMILES string of the molecule is CC.CCCc1ccc(B2OC(C)C(C)(C)O2)c(C)c1. The average Bonchev–Trinajstić information content (AvgIpc) is 2.66. The third-order valence-electron chi connectivity index (χ3n) is 3.84. The summed E-state index contributed by atoms with van der Waals surface area (Å²) in [6.07, 6.45) is 2.44. The van der Waals surface area contributed by atoms with Crippen LogP contribution in [0.15, 0.2) is 18.2 Å². The molecule has 2 rings (SSSR count). The first-order valence-electron chi connectivity index (χ1n) is 7.86. The van der Waals surface area contributed by atoms with Crippen molar-refractivity contribution in [3.8, 4) is 0 Å². The van der Waals surface area contributed by atoms with Gasteiger partial charge in [-0.25, -0.2) is 0 Å². The average molecular weight is 276 g/mol. The van der Waals surface area contributed by atoms with Gasteiger partial charge in [0.15, 0.2) is 0 Å². The molecule has 0 spiro atoms. The summed E-state index contributed by atoms with van der Waals surface area (Å²) in [7, 11) is -0.217. The number of rotatable bonds is 3. The molecule has 1 aromatic rings. The molecule has 1 fully saturated rings. The number of benzene rings is 1. The molecule has 0 saturated carbocycles. The van der Waals surface area contributed by atoms with Gasteiger partial charge in [-0.3, -0.25) is 0 Å². The summed E-state index contributed by atoms with van der Waals surface area (Å²) < 4.78 is 11.9. The first-order chi connectivity index (χ1) is 9.44. The molecule has 1 aliphatic heterocycles. The quantitative estimate of drug-likeness (QED) is 0.780. The third kappa shape index (κ3) is 3.86. The summed E-state index contributed by atoms with van der Waals surface area (Å²) in [6, 6.07) is 6.59. The normalized spacial score (nSPS) is 20.6. The van der Waals surface area contributed by atoms with Crippen LogP contribution in [-0.2, 0) is 15.7 Å². The number of hydrogen-bond donors (Lipinski definition) is 0. The van der Waals surface area contributed by atoms with Gasteiger partial charge in [-0.1, -0.05) is 51.0 Å². The first kappa shape index (κ1) is 17.3. The molecule has 1 aromatic carbocycles. The van der Waals surface area contributed by atoms with Crippen LogP contribution in [0, 0.1) is 6.92 Å². The van der Waals surface area contributed by atoms with E-state index in [9.17, 15) is 0 Å². The fraction of sp³-hybridized carbons (Fsp3) is 0.647. The lowest BCUT2D eigenvalue weighted by molar-refractivity contribution is 0.0842. The standard InChI is InChI=1S/C15H23BO2.C2H6/c1-6-7-13-8-9-14(11(2)10-13)16-17-12(3)15(4,5)18-16;1-2/h8-10,12H,6-7H2,1-5H3;1-2H3. The minimum absolute atomic E-state index is 0.122. The van der Waals surface area contributed by atoms with E-state index in [0.717, 1.165) is 11.9 Å². The van der Waals surface area contributed by atoms with E-state index in [1.54, 1.807) is 0 Å². The molecule has 0 radical (unpaired) electrons. The molecule has 112 valence electrons. The zero-order valence-corrected chi connectivity index (χ0v) is 14.1. The molecule has 1 aliphatic rings. The van der Waals surface area contributed by atoms with Crippen molar-refractivity contribution in [1.29, 1.82) is 0 Å². The number of hydrogen-bond acceptors (Lipinski definition) is 2. The lowest BCUT2D eigenvalue weighted by Crippen LogP contribution is -2.36. The summed E-state index contributed by atoms with van der Waals surface area (Å²) in [5.41, 5.74) is 3.60. The van der Waals surface area contributed by atoms with Crippen LogP contribution in [0.2, 0.25) is 0 Å². The smallest absolute Gasteiger partial charge is 0.402 e. The van der Waals surface area contributed by atoms with Crippen LogP contribution >= 0.6 is 0 Å². The van der Waals surface area contributed by atoms with Crippen LogP contribution in [0.4, 0.5) is 0 Å². The molecule has 0 amide bonds. The Morgan fingerprint density at radius 2 is 1.90 bits per heavy atom. The van der Waals surface area contributed by atoms with E-state index in [0.29, 0.717) is 0 Å². The van der Waals surface area contributed by atoms with Gasteiger partial charge in [0, 0.05) is 0 Å².